The average molecular weight is 266 g/mol. The Morgan fingerprint density at radius 3 is 2.65 bits per heavy atom. The first kappa shape index (κ1) is 12.0. The molecule has 1 aromatic carbocycles. The van der Waals surface area contributed by atoms with Crippen molar-refractivity contribution in [2.45, 2.75) is 0 Å². The van der Waals surface area contributed by atoms with Gasteiger partial charge in [-0.3, -0.25) is 4.98 Å². The maximum absolute atomic E-state index is 10.7. The monoisotopic (exact) mass is 266 g/mol. The number of carboxylic acid groups (broad SMARTS) is 1. The minimum Gasteiger partial charge on any atom is -0.476 e. The van der Waals surface area contributed by atoms with Crippen molar-refractivity contribution in [3.05, 3.63) is 54.6 Å². The van der Waals surface area contributed by atoms with Crippen LogP contribution in [0.5, 0.6) is 0 Å². The molecule has 0 spiro atoms. The van der Waals surface area contributed by atoms with E-state index in [1.807, 2.05) is 30.3 Å². The van der Waals surface area contributed by atoms with Crippen LogP contribution in [0.1, 0.15) is 10.5 Å². The third kappa shape index (κ3) is 2.39. The zero-order valence-electron chi connectivity index (χ0n) is 10.3. The van der Waals surface area contributed by atoms with E-state index >= 15 is 0 Å². The Morgan fingerprint density at radius 2 is 1.90 bits per heavy atom. The van der Waals surface area contributed by atoms with Crippen molar-refractivity contribution in [3.8, 4) is 0 Å². The van der Waals surface area contributed by atoms with Crippen LogP contribution in [0.25, 0.3) is 10.9 Å². The normalized spacial score (nSPS) is 10.4. The molecule has 3 aromatic rings. The van der Waals surface area contributed by atoms with Crippen LogP contribution in [0.15, 0.2) is 48.9 Å². The molecule has 0 saturated carbocycles. The summed E-state index contributed by atoms with van der Waals surface area (Å²) < 4.78 is 0. The fourth-order valence-electron chi connectivity index (χ4n) is 1.79. The minimum atomic E-state index is -1.10. The number of fused-ring (bicyclic) bond motifs is 1. The van der Waals surface area contributed by atoms with Crippen molar-refractivity contribution < 1.29 is 9.90 Å². The second-order valence-corrected chi connectivity index (χ2v) is 4.13. The lowest BCUT2D eigenvalue weighted by molar-refractivity contribution is 0.0690. The van der Waals surface area contributed by atoms with Gasteiger partial charge in [-0.25, -0.2) is 14.8 Å². The number of benzene rings is 1. The van der Waals surface area contributed by atoms with Crippen LogP contribution < -0.4 is 5.32 Å². The number of aromatic nitrogens is 3. The number of rotatable bonds is 3. The highest BCUT2D eigenvalue weighted by Crippen LogP contribution is 2.18. The number of anilines is 2. The molecular weight excluding hydrogens is 256 g/mol. The van der Waals surface area contributed by atoms with Crippen molar-refractivity contribution in [1.29, 1.82) is 0 Å². The maximum Gasteiger partial charge on any atom is 0.356 e. The Hall–Kier alpha value is -3.02. The molecule has 0 aliphatic rings. The van der Waals surface area contributed by atoms with Gasteiger partial charge >= 0.3 is 5.97 Å². The fourth-order valence-corrected chi connectivity index (χ4v) is 1.79. The van der Waals surface area contributed by atoms with Crippen molar-refractivity contribution in [3.63, 3.8) is 0 Å². The molecule has 0 bridgehead atoms. The second-order valence-electron chi connectivity index (χ2n) is 4.13. The highest BCUT2D eigenvalue weighted by Gasteiger charge is 2.05. The molecule has 2 aromatic heterocycles. The number of hydrogen-bond donors (Lipinski definition) is 2. The molecule has 20 heavy (non-hydrogen) atoms. The Labute approximate surface area is 114 Å². The molecule has 0 fully saturated rings. The zero-order valence-corrected chi connectivity index (χ0v) is 10.3. The highest BCUT2D eigenvalue weighted by atomic mass is 16.4. The number of aromatic carboxylic acids is 1. The topological polar surface area (TPSA) is 88.0 Å². The molecule has 6 nitrogen and oxygen atoms in total. The molecular formula is C14H10N4O2. The molecule has 0 amide bonds. The van der Waals surface area contributed by atoms with Crippen LogP contribution in [0.3, 0.4) is 0 Å². The van der Waals surface area contributed by atoms with E-state index in [4.69, 9.17) is 5.11 Å². The van der Waals surface area contributed by atoms with Crippen molar-refractivity contribution in [2.24, 2.45) is 0 Å². The van der Waals surface area contributed by atoms with E-state index in [0.29, 0.717) is 5.82 Å². The molecule has 0 aliphatic heterocycles. The van der Waals surface area contributed by atoms with Gasteiger partial charge < -0.3 is 10.4 Å². The number of hydrogen-bond acceptors (Lipinski definition) is 5. The third-order valence-electron chi connectivity index (χ3n) is 2.73. The van der Waals surface area contributed by atoms with Gasteiger partial charge in [-0.2, -0.15) is 0 Å². The Morgan fingerprint density at radius 1 is 1.05 bits per heavy atom. The van der Waals surface area contributed by atoms with Gasteiger partial charge in [0.05, 0.1) is 29.8 Å². The van der Waals surface area contributed by atoms with Gasteiger partial charge in [-0.15, -0.1) is 0 Å². The average Bonchev–Trinajstić information content (AvgIpc) is 2.48. The Bertz CT molecular complexity index is 771. The van der Waals surface area contributed by atoms with Gasteiger partial charge in [0.2, 0.25) is 0 Å². The summed E-state index contributed by atoms with van der Waals surface area (Å²) >= 11 is 0. The summed E-state index contributed by atoms with van der Waals surface area (Å²) in [5, 5.41) is 12.8. The van der Waals surface area contributed by atoms with Crippen LogP contribution in [0, 0.1) is 0 Å². The first-order valence-corrected chi connectivity index (χ1v) is 5.89. The Balaban J connectivity index is 1.87. The molecule has 0 unspecified atom stereocenters. The van der Waals surface area contributed by atoms with Crippen LogP contribution in [0.2, 0.25) is 0 Å². The molecule has 0 radical (unpaired) electrons. The van der Waals surface area contributed by atoms with E-state index in [1.54, 1.807) is 6.20 Å². The lowest BCUT2D eigenvalue weighted by Crippen LogP contribution is -2.02. The van der Waals surface area contributed by atoms with Crippen LogP contribution in [-0.4, -0.2) is 26.0 Å². The standard InChI is InChI=1S/C14H10N4O2/c19-14(20)12-7-17-13(8-16-12)18-10-5-9-3-1-2-4-11(9)15-6-10/h1-8H,(H,17,18)(H,19,20). The van der Waals surface area contributed by atoms with E-state index in [2.05, 4.69) is 20.3 Å². The number of carbonyl (C=O) groups is 1. The SMILES string of the molecule is O=C(O)c1cnc(Nc2cnc3ccccc3c2)cn1. The van der Waals surface area contributed by atoms with Crippen molar-refractivity contribution >= 4 is 28.4 Å². The molecule has 3 rings (SSSR count). The fraction of sp³-hybridized carbons (Fsp3) is 0. The number of nitrogens with one attached hydrogen (secondary N) is 1. The lowest BCUT2D eigenvalue weighted by atomic mass is 10.2. The summed E-state index contributed by atoms with van der Waals surface area (Å²) in [5.41, 5.74) is 1.58. The Kier molecular flexibility index (Phi) is 2.96. The van der Waals surface area contributed by atoms with Gasteiger partial charge in [0.15, 0.2) is 5.69 Å². The van der Waals surface area contributed by atoms with Crippen molar-refractivity contribution in [1.82, 2.24) is 15.0 Å². The van der Waals surface area contributed by atoms with E-state index in [9.17, 15) is 4.79 Å². The van der Waals surface area contributed by atoms with Crippen LogP contribution in [0.4, 0.5) is 11.5 Å². The van der Waals surface area contributed by atoms with Crippen LogP contribution in [-0.2, 0) is 0 Å². The lowest BCUT2D eigenvalue weighted by Gasteiger charge is -2.06. The van der Waals surface area contributed by atoms with E-state index < -0.39 is 5.97 Å². The number of carboxylic acids is 1. The quantitative estimate of drug-likeness (QED) is 0.757. The predicted molar refractivity (Wildman–Crippen MR) is 74.0 cm³/mol. The summed E-state index contributed by atoms with van der Waals surface area (Å²) in [6.45, 7) is 0. The minimum absolute atomic E-state index is 0.0906. The van der Waals surface area contributed by atoms with E-state index in [-0.39, 0.29) is 5.69 Å². The molecule has 2 N–H and O–H groups in total. The summed E-state index contributed by atoms with van der Waals surface area (Å²) in [5.74, 6) is -0.636. The zero-order chi connectivity index (χ0) is 13.9. The molecule has 0 aliphatic carbocycles. The number of para-hydroxylation sites is 1. The first-order chi connectivity index (χ1) is 9.72. The predicted octanol–water partition coefficient (Wildman–Crippen LogP) is 2.47. The summed E-state index contributed by atoms with van der Waals surface area (Å²) in [6.07, 6.45) is 4.27. The first-order valence-electron chi connectivity index (χ1n) is 5.89. The highest BCUT2D eigenvalue weighted by molar-refractivity contribution is 5.85. The molecule has 6 heteroatoms. The van der Waals surface area contributed by atoms with Gasteiger partial charge in [-0.05, 0) is 12.1 Å². The van der Waals surface area contributed by atoms with Crippen molar-refractivity contribution in [2.75, 3.05) is 5.32 Å². The van der Waals surface area contributed by atoms with Gasteiger partial charge in [0.1, 0.15) is 5.82 Å². The van der Waals surface area contributed by atoms with Crippen LogP contribution >= 0.6 is 0 Å². The third-order valence-corrected chi connectivity index (χ3v) is 2.73. The van der Waals surface area contributed by atoms with Gasteiger partial charge in [-0.1, -0.05) is 18.2 Å². The van der Waals surface area contributed by atoms with E-state index in [1.165, 1.54) is 12.4 Å². The number of nitrogens with zero attached hydrogens (tertiary/aromatic N) is 3. The second kappa shape index (κ2) is 4.93. The summed E-state index contributed by atoms with van der Waals surface area (Å²) in [7, 11) is 0. The van der Waals surface area contributed by atoms with E-state index in [0.717, 1.165) is 16.6 Å². The summed E-state index contributed by atoms with van der Waals surface area (Å²) in [6, 6.07) is 9.70. The molecule has 0 atom stereocenters. The molecule has 2 heterocycles. The van der Waals surface area contributed by atoms with Gasteiger partial charge in [0, 0.05) is 5.39 Å². The smallest absolute Gasteiger partial charge is 0.356 e. The molecule has 98 valence electrons. The largest absolute Gasteiger partial charge is 0.476 e. The molecule has 0 saturated heterocycles. The summed E-state index contributed by atoms with van der Waals surface area (Å²) in [4.78, 5) is 22.8. The van der Waals surface area contributed by atoms with Gasteiger partial charge in [0.25, 0.3) is 0 Å². The maximum atomic E-state index is 10.7. The number of pyridine rings is 1.